The number of amides is 2. The van der Waals surface area contributed by atoms with Crippen molar-refractivity contribution in [2.45, 2.75) is 56.1 Å². The number of carbonyl (C=O) groups is 2. The Morgan fingerprint density at radius 3 is 2.35 bits per heavy atom. The van der Waals surface area contributed by atoms with E-state index < -0.39 is 34.3 Å². The first-order valence-electron chi connectivity index (χ1n) is 13.3. The summed E-state index contributed by atoms with van der Waals surface area (Å²) in [5.41, 5.74) is 0.431. The lowest BCUT2D eigenvalue weighted by Gasteiger charge is -2.32. The molecule has 2 amide bonds. The summed E-state index contributed by atoms with van der Waals surface area (Å²) < 4.78 is 48.5. The Labute approximate surface area is 234 Å². The second-order valence-corrected chi connectivity index (χ2v) is 11.7. The highest BCUT2D eigenvalue weighted by Gasteiger charge is 2.34. The van der Waals surface area contributed by atoms with Gasteiger partial charge in [-0.25, -0.2) is 12.8 Å². The number of methoxy groups -OCH3 is 1. The quantitative estimate of drug-likeness (QED) is 0.368. The van der Waals surface area contributed by atoms with Crippen LogP contribution < -0.4 is 14.4 Å². The highest BCUT2D eigenvalue weighted by Crippen LogP contribution is 2.27. The van der Waals surface area contributed by atoms with Crippen molar-refractivity contribution in [3.8, 4) is 5.75 Å². The summed E-state index contributed by atoms with van der Waals surface area (Å²) in [6.07, 6.45) is 3.80. The number of nitrogens with one attached hydrogen (secondary N) is 1. The van der Waals surface area contributed by atoms with Gasteiger partial charge >= 0.3 is 0 Å². The summed E-state index contributed by atoms with van der Waals surface area (Å²) in [7, 11) is -2.80. The molecule has 1 atom stereocenters. The van der Waals surface area contributed by atoms with Crippen LogP contribution in [-0.2, 0) is 26.2 Å². The molecule has 0 aliphatic heterocycles. The summed E-state index contributed by atoms with van der Waals surface area (Å²) in [6.45, 7) is 0.927. The third kappa shape index (κ3) is 6.80. The highest BCUT2D eigenvalue weighted by molar-refractivity contribution is 7.92. The van der Waals surface area contributed by atoms with E-state index in [9.17, 15) is 22.4 Å². The van der Waals surface area contributed by atoms with Crippen LogP contribution in [-0.4, -0.2) is 50.9 Å². The van der Waals surface area contributed by atoms with Crippen molar-refractivity contribution in [1.82, 2.24) is 10.2 Å². The van der Waals surface area contributed by atoms with Crippen molar-refractivity contribution >= 4 is 27.5 Å². The molecule has 0 saturated heterocycles. The summed E-state index contributed by atoms with van der Waals surface area (Å²) in [6, 6.07) is 19.1. The van der Waals surface area contributed by atoms with Gasteiger partial charge in [0.2, 0.25) is 11.8 Å². The van der Waals surface area contributed by atoms with Crippen molar-refractivity contribution in [2.75, 3.05) is 18.0 Å². The van der Waals surface area contributed by atoms with Crippen molar-refractivity contribution in [2.24, 2.45) is 0 Å². The Kier molecular flexibility index (Phi) is 9.42. The van der Waals surface area contributed by atoms with Crippen LogP contribution in [0.5, 0.6) is 5.75 Å². The van der Waals surface area contributed by atoms with Gasteiger partial charge in [0.05, 0.1) is 17.7 Å². The maximum atomic E-state index is 15.0. The molecule has 1 N–H and O–H groups in total. The van der Waals surface area contributed by atoms with E-state index in [0.717, 1.165) is 36.1 Å². The molecule has 212 valence electrons. The fraction of sp³-hybridized carbons (Fsp3) is 0.333. The Balaban J connectivity index is 1.69. The number of hydrogen-bond donors (Lipinski definition) is 1. The van der Waals surface area contributed by atoms with Gasteiger partial charge in [0.15, 0.2) is 0 Å². The molecular weight excluding hydrogens is 533 g/mol. The molecule has 1 fully saturated rings. The number of rotatable bonds is 11. The van der Waals surface area contributed by atoms with Crippen LogP contribution in [0.3, 0.4) is 0 Å². The van der Waals surface area contributed by atoms with E-state index in [1.807, 2.05) is 0 Å². The second-order valence-electron chi connectivity index (χ2n) is 9.82. The topological polar surface area (TPSA) is 96.0 Å². The first-order chi connectivity index (χ1) is 19.2. The monoisotopic (exact) mass is 567 g/mol. The summed E-state index contributed by atoms with van der Waals surface area (Å²) in [4.78, 5) is 28.5. The van der Waals surface area contributed by atoms with Crippen LogP contribution in [0, 0.1) is 5.82 Å². The largest absolute Gasteiger partial charge is 0.497 e. The lowest BCUT2D eigenvalue weighted by atomic mass is 10.1. The average molecular weight is 568 g/mol. The van der Waals surface area contributed by atoms with E-state index >= 15 is 0 Å². The van der Waals surface area contributed by atoms with Crippen molar-refractivity contribution in [3.05, 3.63) is 90.2 Å². The molecule has 0 radical (unpaired) electrons. The van der Waals surface area contributed by atoms with Gasteiger partial charge in [0.1, 0.15) is 24.2 Å². The van der Waals surface area contributed by atoms with Crippen LogP contribution in [0.4, 0.5) is 10.1 Å². The van der Waals surface area contributed by atoms with E-state index in [2.05, 4.69) is 5.32 Å². The van der Waals surface area contributed by atoms with Gasteiger partial charge in [0.25, 0.3) is 10.0 Å². The van der Waals surface area contributed by atoms with Crippen LogP contribution in [0.2, 0.25) is 0 Å². The van der Waals surface area contributed by atoms with E-state index in [1.165, 1.54) is 42.3 Å². The predicted octanol–water partition coefficient (Wildman–Crippen LogP) is 4.51. The zero-order valence-corrected chi connectivity index (χ0v) is 23.4. The molecule has 0 bridgehead atoms. The van der Waals surface area contributed by atoms with Gasteiger partial charge < -0.3 is 15.0 Å². The van der Waals surface area contributed by atoms with Gasteiger partial charge in [-0.3, -0.25) is 13.9 Å². The fourth-order valence-electron chi connectivity index (χ4n) is 4.83. The van der Waals surface area contributed by atoms with E-state index in [0.29, 0.717) is 11.3 Å². The highest BCUT2D eigenvalue weighted by atomic mass is 32.2. The second kappa shape index (κ2) is 13.0. The molecular formula is C30H34FN3O5S. The third-order valence-corrected chi connectivity index (χ3v) is 8.86. The average Bonchev–Trinajstić information content (AvgIpc) is 3.48. The van der Waals surface area contributed by atoms with Gasteiger partial charge in [0, 0.05) is 12.6 Å². The fourth-order valence-corrected chi connectivity index (χ4v) is 6.27. The van der Waals surface area contributed by atoms with Crippen LogP contribution >= 0.6 is 0 Å². The van der Waals surface area contributed by atoms with Gasteiger partial charge in [-0.15, -0.1) is 0 Å². The molecule has 10 heteroatoms. The molecule has 3 aromatic carbocycles. The van der Waals surface area contributed by atoms with Crippen molar-refractivity contribution in [3.63, 3.8) is 0 Å². The molecule has 1 aliphatic rings. The molecule has 0 unspecified atom stereocenters. The smallest absolute Gasteiger partial charge is 0.264 e. The number of halogens is 1. The Morgan fingerprint density at radius 1 is 1.00 bits per heavy atom. The first-order valence-corrected chi connectivity index (χ1v) is 14.7. The minimum absolute atomic E-state index is 0.0196. The zero-order valence-electron chi connectivity index (χ0n) is 22.6. The molecule has 1 aliphatic carbocycles. The Hall–Kier alpha value is -3.92. The van der Waals surface area contributed by atoms with Gasteiger partial charge in [-0.1, -0.05) is 55.3 Å². The summed E-state index contributed by atoms with van der Waals surface area (Å²) in [5.74, 6) is -1.19. The molecule has 40 heavy (non-hydrogen) atoms. The van der Waals surface area contributed by atoms with Crippen LogP contribution in [0.15, 0.2) is 83.8 Å². The SMILES string of the molecule is COc1cccc(CN(C(=O)CN(c2ccccc2F)S(=O)(=O)c2ccccc2)[C@H](C)C(=O)NC2CCCC2)c1. The van der Waals surface area contributed by atoms with E-state index in [-0.39, 0.29) is 29.1 Å². The number of para-hydroxylation sites is 1. The van der Waals surface area contributed by atoms with Crippen molar-refractivity contribution in [1.29, 1.82) is 0 Å². The minimum Gasteiger partial charge on any atom is -0.497 e. The van der Waals surface area contributed by atoms with E-state index in [1.54, 1.807) is 49.4 Å². The molecule has 0 heterocycles. The number of anilines is 1. The molecule has 3 aromatic rings. The van der Waals surface area contributed by atoms with Gasteiger partial charge in [-0.2, -0.15) is 0 Å². The number of ether oxygens (including phenoxy) is 1. The molecule has 1 saturated carbocycles. The third-order valence-electron chi connectivity index (χ3n) is 7.09. The lowest BCUT2D eigenvalue weighted by molar-refractivity contribution is -0.139. The zero-order chi connectivity index (χ0) is 28.7. The number of nitrogens with zero attached hydrogens (tertiary/aromatic N) is 2. The van der Waals surface area contributed by atoms with Crippen LogP contribution in [0.1, 0.15) is 38.2 Å². The van der Waals surface area contributed by atoms with Gasteiger partial charge in [-0.05, 0) is 61.7 Å². The number of benzene rings is 3. The normalized spacial score (nSPS) is 14.4. The maximum Gasteiger partial charge on any atom is 0.264 e. The summed E-state index contributed by atoms with van der Waals surface area (Å²) >= 11 is 0. The van der Waals surface area contributed by atoms with Crippen molar-refractivity contribution < 1.29 is 27.1 Å². The number of hydrogen-bond acceptors (Lipinski definition) is 5. The lowest BCUT2D eigenvalue weighted by Crippen LogP contribution is -2.52. The number of carbonyl (C=O) groups excluding carboxylic acids is 2. The molecule has 0 spiro atoms. The van der Waals surface area contributed by atoms with Crippen LogP contribution in [0.25, 0.3) is 0 Å². The summed E-state index contributed by atoms with van der Waals surface area (Å²) in [5, 5.41) is 3.02. The molecule has 0 aromatic heterocycles. The maximum absolute atomic E-state index is 15.0. The number of sulfonamides is 1. The predicted molar refractivity (Wildman–Crippen MR) is 151 cm³/mol. The Morgan fingerprint density at radius 2 is 1.68 bits per heavy atom. The minimum atomic E-state index is -4.33. The Bertz CT molecular complexity index is 1430. The standard InChI is InChI=1S/C30H34FN3O5S/c1-22(30(36)32-24-12-6-7-13-24)33(20-23-11-10-14-25(19-23)39-2)29(35)21-34(28-18-9-8-17-27(28)31)40(37,38)26-15-4-3-5-16-26/h3-5,8-11,14-19,22,24H,6-7,12-13,20-21H2,1-2H3,(H,32,36)/t22-/m1/s1. The molecule has 4 rings (SSSR count). The van der Waals surface area contributed by atoms with E-state index in [4.69, 9.17) is 4.74 Å². The first kappa shape index (κ1) is 29.1. The molecule has 8 nitrogen and oxygen atoms in total.